The minimum atomic E-state index is -0.551. The molecule has 0 saturated heterocycles. The lowest BCUT2D eigenvalue weighted by Crippen LogP contribution is -2.28. The molecule has 0 aliphatic heterocycles. The van der Waals surface area contributed by atoms with Crippen LogP contribution in [0, 0.1) is 13.8 Å². The summed E-state index contributed by atoms with van der Waals surface area (Å²) in [4.78, 5) is 16.3. The Morgan fingerprint density at radius 2 is 0.833 bits per heavy atom. The Hall–Kier alpha value is -8.01. The van der Waals surface area contributed by atoms with E-state index in [0.717, 1.165) is 16.7 Å². The molecule has 66 heavy (non-hydrogen) atoms. The molecule has 2 aliphatic carbocycles. The Labute approximate surface area is 385 Å². The van der Waals surface area contributed by atoms with Crippen LogP contribution in [0.2, 0.25) is 0 Å². The number of benzene rings is 10. The fourth-order valence-corrected chi connectivity index (χ4v) is 11.7. The van der Waals surface area contributed by atoms with Crippen molar-refractivity contribution in [3.8, 4) is 56.4 Å². The molecule has 0 saturated carbocycles. The molecule has 2 aliphatic rings. The summed E-state index contributed by atoms with van der Waals surface area (Å²) < 4.78 is 0. The number of aromatic nitrogens is 3. The van der Waals surface area contributed by atoms with E-state index in [-0.39, 0.29) is 5.41 Å². The maximum Gasteiger partial charge on any atom is 0.164 e. The predicted octanol–water partition coefficient (Wildman–Crippen LogP) is 15.6. The molecule has 10 aromatic carbocycles. The monoisotopic (exact) mass is 843 g/mol. The quantitative estimate of drug-likeness (QED) is 0.162. The molecular weight excluding hydrogens is 799 g/mol. The molecular formula is C63H45N3. The minimum absolute atomic E-state index is 0.215. The van der Waals surface area contributed by atoms with Gasteiger partial charge in [-0.25, -0.2) is 15.0 Å². The van der Waals surface area contributed by atoms with Gasteiger partial charge in [-0.15, -0.1) is 0 Å². The van der Waals surface area contributed by atoms with Crippen molar-refractivity contribution in [2.45, 2.75) is 38.5 Å². The third-order valence-corrected chi connectivity index (χ3v) is 15.0. The molecule has 0 radical (unpaired) electrons. The molecule has 0 atom stereocenters. The van der Waals surface area contributed by atoms with Gasteiger partial charge < -0.3 is 0 Å². The summed E-state index contributed by atoms with van der Waals surface area (Å²) in [5.41, 5.74) is 17.3. The first-order chi connectivity index (χ1) is 32.3. The molecule has 312 valence electrons. The van der Waals surface area contributed by atoms with E-state index in [1.54, 1.807) is 0 Å². The maximum atomic E-state index is 5.45. The van der Waals surface area contributed by atoms with Crippen LogP contribution < -0.4 is 0 Å². The zero-order valence-corrected chi connectivity index (χ0v) is 37.4. The molecule has 1 aromatic heterocycles. The first-order valence-electron chi connectivity index (χ1n) is 23.0. The van der Waals surface area contributed by atoms with Crippen LogP contribution in [0.5, 0.6) is 0 Å². The molecule has 0 unspecified atom stereocenters. The van der Waals surface area contributed by atoms with Gasteiger partial charge >= 0.3 is 0 Å². The third kappa shape index (κ3) is 5.40. The van der Waals surface area contributed by atoms with Gasteiger partial charge in [-0.3, -0.25) is 0 Å². The topological polar surface area (TPSA) is 38.7 Å². The summed E-state index contributed by atoms with van der Waals surface area (Å²) in [6, 6.07) is 73.3. The van der Waals surface area contributed by atoms with E-state index in [1.165, 1.54) is 99.1 Å². The van der Waals surface area contributed by atoms with Gasteiger partial charge in [0, 0.05) is 22.1 Å². The standard InChI is InChI=1S/C63H45N3/c1-38-39(2)53-35-41(27-31-49(53)48-24-14-13-22-46(38)48)59-64-60(42-29-33-52-56(36-42)62(3,4)55-34-30-40-17-11-12-23-47(40)58(52)55)66-61(65-59)43-28-32-51-50-25-15-16-26-54(50)63(57(51)37-43,44-18-7-5-8-19-44)45-20-9-6-10-21-45/h5-37H,1-4H3. The van der Waals surface area contributed by atoms with Crippen LogP contribution in [0.3, 0.4) is 0 Å². The second-order valence-electron chi connectivity index (χ2n) is 18.7. The Morgan fingerprint density at radius 3 is 1.53 bits per heavy atom. The Bertz CT molecular complexity index is 3770. The number of hydrogen-bond donors (Lipinski definition) is 0. The molecule has 3 heteroatoms. The lowest BCUT2D eigenvalue weighted by molar-refractivity contribution is 0.661. The summed E-state index contributed by atoms with van der Waals surface area (Å²) in [7, 11) is 0. The van der Waals surface area contributed by atoms with Gasteiger partial charge in [0.1, 0.15) is 0 Å². The number of aryl methyl sites for hydroxylation is 2. The van der Waals surface area contributed by atoms with Crippen LogP contribution in [0.4, 0.5) is 0 Å². The van der Waals surface area contributed by atoms with Gasteiger partial charge in [0.15, 0.2) is 17.5 Å². The van der Waals surface area contributed by atoms with E-state index in [1.807, 2.05) is 0 Å². The van der Waals surface area contributed by atoms with Crippen molar-refractivity contribution in [2.75, 3.05) is 0 Å². The van der Waals surface area contributed by atoms with E-state index in [4.69, 9.17) is 15.0 Å². The SMILES string of the molecule is Cc1c(C)c2cc(-c3nc(-c4ccc5c(c4)C(C)(C)c4ccc6ccccc6c4-5)nc(-c4ccc5c(c4)C(c4ccccc4)(c4ccccc4)c4ccccc4-5)n3)ccc2c2ccccc12. The van der Waals surface area contributed by atoms with Crippen LogP contribution >= 0.6 is 0 Å². The summed E-state index contributed by atoms with van der Waals surface area (Å²) in [6.45, 7) is 9.16. The Morgan fingerprint density at radius 1 is 0.333 bits per heavy atom. The third-order valence-electron chi connectivity index (χ3n) is 15.0. The normalized spacial score (nSPS) is 14.0. The van der Waals surface area contributed by atoms with E-state index in [9.17, 15) is 0 Å². The van der Waals surface area contributed by atoms with Gasteiger partial charge in [-0.2, -0.15) is 0 Å². The molecule has 11 aromatic rings. The first kappa shape index (κ1) is 38.4. The van der Waals surface area contributed by atoms with Crippen LogP contribution in [0.1, 0.15) is 58.4 Å². The number of nitrogens with zero attached hydrogens (tertiary/aromatic N) is 3. The van der Waals surface area contributed by atoms with Crippen molar-refractivity contribution in [3.05, 3.63) is 245 Å². The molecule has 0 fully saturated rings. The summed E-state index contributed by atoms with van der Waals surface area (Å²) >= 11 is 0. The van der Waals surface area contributed by atoms with Crippen molar-refractivity contribution < 1.29 is 0 Å². The molecule has 13 rings (SSSR count). The summed E-state index contributed by atoms with van der Waals surface area (Å²) in [6.07, 6.45) is 0. The average Bonchev–Trinajstić information content (AvgIpc) is 3.80. The van der Waals surface area contributed by atoms with Crippen LogP contribution in [-0.2, 0) is 10.8 Å². The lowest BCUT2D eigenvalue weighted by Gasteiger charge is -2.34. The van der Waals surface area contributed by atoms with E-state index < -0.39 is 5.41 Å². The molecule has 0 N–H and O–H groups in total. The summed E-state index contributed by atoms with van der Waals surface area (Å²) in [5, 5.41) is 7.53. The average molecular weight is 844 g/mol. The smallest absolute Gasteiger partial charge is 0.164 e. The zero-order valence-electron chi connectivity index (χ0n) is 37.4. The van der Waals surface area contributed by atoms with Gasteiger partial charge in [0.25, 0.3) is 0 Å². The minimum Gasteiger partial charge on any atom is -0.208 e. The molecule has 0 bridgehead atoms. The molecule has 0 amide bonds. The highest BCUT2D eigenvalue weighted by Crippen LogP contribution is 2.57. The predicted molar refractivity (Wildman–Crippen MR) is 273 cm³/mol. The molecule has 3 nitrogen and oxygen atoms in total. The van der Waals surface area contributed by atoms with Crippen molar-refractivity contribution in [1.82, 2.24) is 15.0 Å². The second kappa shape index (κ2) is 14.2. The highest BCUT2D eigenvalue weighted by molar-refractivity contribution is 6.11. The van der Waals surface area contributed by atoms with Crippen LogP contribution in [-0.4, -0.2) is 15.0 Å². The van der Waals surface area contributed by atoms with Gasteiger partial charge in [-0.1, -0.05) is 196 Å². The fraction of sp³-hybridized carbons (Fsp3) is 0.0952. The van der Waals surface area contributed by atoms with Crippen molar-refractivity contribution in [2.24, 2.45) is 0 Å². The van der Waals surface area contributed by atoms with Gasteiger partial charge in [0.2, 0.25) is 0 Å². The van der Waals surface area contributed by atoms with Crippen molar-refractivity contribution in [3.63, 3.8) is 0 Å². The highest BCUT2D eigenvalue weighted by Gasteiger charge is 2.46. The van der Waals surface area contributed by atoms with Crippen molar-refractivity contribution in [1.29, 1.82) is 0 Å². The van der Waals surface area contributed by atoms with Gasteiger partial charge in [0.05, 0.1) is 5.41 Å². The van der Waals surface area contributed by atoms with Crippen LogP contribution in [0.25, 0.3) is 88.7 Å². The zero-order chi connectivity index (χ0) is 44.3. The van der Waals surface area contributed by atoms with E-state index in [2.05, 4.69) is 228 Å². The summed E-state index contributed by atoms with van der Waals surface area (Å²) in [5.74, 6) is 1.95. The fourth-order valence-electron chi connectivity index (χ4n) is 11.7. The maximum absolute atomic E-state index is 5.45. The van der Waals surface area contributed by atoms with E-state index in [0.29, 0.717) is 17.5 Å². The largest absolute Gasteiger partial charge is 0.208 e. The first-order valence-corrected chi connectivity index (χ1v) is 23.0. The number of fused-ring (bicyclic) bond motifs is 11. The number of hydrogen-bond acceptors (Lipinski definition) is 3. The molecule has 0 spiro atoms. The van der Waals surface area contributed by atoms with E-state index >= 15 is 0 Å². The Balaban J connectivity index is 1.05. The molecule has 1 heterocycles. The second-order valence-corrected chi connectivity index (χ2v) is 18.7. The van der Waals surface area contributed by atoms with Crippen molar-refractivity contribution >= 4 is 32.3 Å². The van der Waals surface area contributed by atoms with Gasteiger partial charge in [-0.05, 0) is 131 Å². The lowest BCUT2D eigenvalue weighted by atomic mass is 9.67. The Kier molecular flexibility index (Phi) is 8.30. The van der Waals surface area contributed by atoms with Crippen LogP contribution in [0.15, 0.2) is 200 Å². The number of rotatable bonds is 5. The highest BCUT2D eigenvalue weighted by atomic mass is 15.0.